The van der Waals surface area contributed by atoms with Crippen molar-refractivity contribution >= 4 is 17.1 Å². The van der Waals surface area contributed by atoms with Gasteiger partial charge in [0.25, 0.3) is 0 Å². The Morgan fingerprint density at radius 1 is 0.938 bits per heavy atom. The number of rotatable bonds is 3. The molecule has 0 bridgehead atoms. The average Bonchev–Trinajstić information content (AvgIpc) is 2.19. The maximum Gasteiger partial charge on any atom is -0.0105 e. The Kier molecular flexibility index (Phi) is 54.8. The molecule has 1 heteroatoms. The zero-order valence-corrected chi connectivity index (χ0v) is 12.1. The molecule has 0 radical (unpaired) electrons. The summed E-state index contributed by atoms with van der Waals surface area (Å²) in [5, 5.41) is 0. The molecule has 0 nitrogen and oxygen atoms in total. The first-order valence-corrected chi connectivity index (χ1v) is 6.36. The second-order valence-corrected chi connectivity index (χ2v) is 4.55. The molecule has 0 saturated heterocycles. The molecule has 0 rings (SSSR count). The molecule has 16 heavy (non-hydrogen) atoms. The summed E-state index contributed by atoms with van der Waals surface area (Å²) in [6.45, 7) is 15.0. The largest absolute Gasteiger partial charge is 0.0900 e. The Balaban J connectivity index is -0.0000000358. The molecule has 0 amide bonds. The molecule has 0 saturated carbocycles. The summed E-state index contributed by atoms with van der Waals surface area (Å²) in [5.41, 5.74) is 0. The summed E-state index contributed by atoms with van der Waals surface area (Å²) in [7, 11) is 0. The van der Waals surface area contributed by atoms with Crippen molar-refractivity contribution in [2.24, 2.45) is 5.92 Å². The third-order valence-electron chi connectivity index (χ3n) is 1.81. The lowest BCUT2D eigenvalue weighted by Gasteiger charge is -1.90. The van der Waals surface area contributed by atoms with Crippen LogP contribution in [0.2, 0.25) is 0 Å². The van der Waals surface area contributed by atoms with Crippen LogP contribution in [0.4, 0.5) is 0 Å². The van der Waals surface area contributed by atoms with Crippen LogP contribution in [0.5, 0.6) is 0 Å². The highest BCUT2D eigenvalue weighted by Gasteiger charge is 1.80. The highest BCUT2D eigenvalue weighted by Crippen LogP contribution is 1.93. The van der Waals surface area contributed by atoms with Crippen molar-refractivity contribution in [2.75, 3.05) is 0 Å². The lowest BCUT2D eigenvalue weighted by atomic mass is 10.2. The third-order valence-corrected chi connectivity index (χ3v) is 2.10. The third kappa shape index (κ3) is 93.2. The van der Waals surface area contributed by atoms with Gasteiger partial charge >= 0.3 is 0 Å². The van der Waals surface area contributed by atoms with E-state index in [2.05, 4.69) is 41.5 Å². The van der Waals surface area contributed by atoms with Gasteiger partial charge in [-0.05, 0) is 24.1 Å². The zero-order valence-electron chi connectivity index (χ0n) is 11.3. The molecule has 0 fully saturated rings. The van der Waals surface area contributed by atoms with Gasteiger partial charge in [0.15, 0.2) is 0 Å². The number of hydrogen-bond acceptors (Lipinski definition) is 1. The van der Waals surface area contributed by atoms with Gasteiger partial charge in [-0.15, -0.1) is 0 Å². The highest BCUT2D eigenvalue weighted by atomic mass is 32.1. The fourth-order valence-corrected chi connectivity index (χ4v) is 0. The molecule has 0 unspecified atom stereocenters. The van der Waals surface area contributed by atoms with Crippen molar-refractivity contribution in [2.45, 2.75) is 89.0 Å². The van der Waals surface area contributed by atoms with E-state index in [1.54, 1.807) is 0 Å². The van der Waals surface area contributed by atoms with Crippen LogP contribution in [0.25, 0.3) is 0 Å². The van der Waals surface area contributed by atoms with Crippen LogP contribution in [0, 0.1) is 5.92 Å². The standard InChI is InChI=1S/C5H12.C4H8S.C4H10.2CH4/c1-4-5(2)3;1-3-4(2)5;1-3-4-2;;/h5H,4H2,1-3H3;3H2,1-2H3;3-4H2,1-2H3;2*1H4. The molecule has 0 aromatic carbocycles. The second-order valence-electron chi connectivity index (χ2n) is 3.86. The molecular formula is C15H38S. The summed E-state index contributed by atoms with van der Waals surface area (Å²) in [5.74, 6) is 0.884. The van der Waals surface area contributed by atoms with Crippen molar-refractivity contribution in [3.05, 3.63) is 0 Å². The molecular weight excluding hydrogens is 212 g/mol. The normalized spacial score (nSPS) is 7.25. The van der Waals surface area contributed by atoms with Crippen molar-refractivity contribution < 1.29 is 0 Å². The molecule has 0 heterocycles. The minimum atomic E-state index is 0. The maximum atomic E-state index is 4.70. The molecule has 0 N–H and O–H groups in total. The quantitative estimate of drug-likeness (QED) is 0.490. The monoisotopic (exact) mass is 250 g/mol. The average molecular weight is 251 g/mol. The molecule has 0 aromatic heterocycles. The minimum absolute atomic E-state index is 0. The van der Waals surface area contributed by atoms with Gasteiger partial charge in [0.05, 0.1) is 0 Å². The molecule has 0 aromatic rings. The molecule has 0 aliphatic heterocycles. The van der Waals surface area contributed by atoms with Crippen LogP contribution in [0.15, 0.2) is 0 Å². The fraction of sp³-hybridized carbons (Fsp3) is 0.933. The molecule has 0 aliphatic carbocycles. The Hall–Kier alpha value is 0.0900. The first-order valence-electron chi connectivity index (χ1n) is 5.95. The van der Waals surface area contributed by atoms with Crippen molar-refractivity contribution in [1.29, 1.82) is 0 Å². The number of hydrogen-bond donors (Lipinski definition) is 0. The van der Waals surface area contributed by atoms with Crippen LogP contribution in [-0.2, 0) is 0 Å². The van der Waals surface area contributed by atoms with E-state index >= 15 is 0 Å². The maximum absolute atomic E-state index is 4.70. The Morgan fingerprint density at radius 2 is 1.12 bits per heavy atom. The zero-order chi connectivity index (χ0) is 12.0. The minimum Gasteiger partial charge on any atom is -0.0900 e. The second kappa shape index (κ2) is 29.4. The predicted octanol–water partition coefficient (Wildman–Crippen LogP) is 6.92. The van der Waals surface area contributed by atoms with Crippen LogP contribution < -0.4 is 0 Å². The molecule has 104 valence electrons. The predicted molar refractivity (Wildman–Crippen MR) is 87.7 cm³/mol. The van der Waals surface area contributed by atoms with E-state index in [4.69, 9.17) is 12.2 Å². The number of unbranched alkanes of at least 4 members (excludes halogenated alkanes) is 1. The lowest BCUT2D eigenvalue weighted by Crippen LogP contribution is -1.77. The smallest absolute Gasteiger partial charge is 0.0105 e. The van der Waals surface area contributed by atoms with Crippen LogP contribution in [0.3, 0.4) is 0 Å². The summed E-state index contributed by atoms with van der Waals surface area (Å²) >= 11 is 4.70. The van der Waals surface area contributed by atoms with Gasteiger partial charge in [0.2, 0.25) is 0 Å². The van der Waals surface area contributed by atoms with Gasteiger partial charge in [0, 0.05) is 0 Å². The summed E-state index contributed by atoms with van der Waals surface area (Å²) in [6.07, 6.45) is 4.98. The van der Waals surface area contributed by atoms with Crippen molar-refractivity contribution in [3.8, 4) is 0 Å². The van der Waals surface area contributed by atoms with E-state index in [1.807, 2.05) is 6.92 Å². The topological polar surface area (TPSA) is 0 Å². The molecule has 0 atom stereocenters. The van der Waals surface area contributed by atoms with Gasteiger partial charge < -0.3 is 0 Å². The van der Waals surface area contributed by atoms with Crippen molar-refractivity contribution in [1.82, 2.24) is 0 Å². The SMILES string of the molecule is C.C.CCC(C)=S.CCC(C)C.CCCC. The number of thiocarbonyl (C=S) groups is 1. The first kappa shape index (κ1) is 29.8. The highest BCUT2D eigenvalue weighted by molar-refractivity contribution is 7.80. The summed E-state index contributed by atoms with van der Waals surface area (Å²) < 4.78 is 0. The Morgan fingerprint density at radius 3 is 1.12 bits per heavy atom. The van der Waals surface area contributed by atoms with E-state index in [1.165, 1.54) is 19.3 Å². The van der Waals surface area contributed by atoms with Crippen LogP contribution >= 0.6 is 12.2 Å². The lowest BCUT2D eigenvalue weighted by molar-refractivity contribution is 0.626. The van der Waals surface area contributed by atoms with E-state index in [0.29, 0.717) is 0 Å². The van der Waals surface area contributed by atoms with Gasteiger partial charge in [-0.3, -0.25) is 0 Å². The van der Waals surface area contributed by atoms with Gasteiger partial charge in [-0.1, -0.05) is 87.9 Å². The van der Waals surface area contributed by atoms with Gasteiger partial charge in [-0.2, -0.15) is 0 Å². The first-order chi connectivity index (χ1) is 6.45. The van der Waals surface area contributed by atoms with Crippen LogP contribution in [-0.4, -0.2) is 4.86 Å². The van der Waals surface area contributed by atoms with Gasteiger partial charge in [-0.25, -0.2) is 0 Å². The van der Waals surface area contributed by atoms with Crippen molar-refractivity contribution in [3.63, 3.8) is 0 Å². The summed E-state index contributed by atoms with van der Waals surface area (Å²) in [6, 6.07) is 0. The van der Waals surface area contributed by atoms with E-state index in [-0.39, 0.29) is 14.9 Å². The Bertz CT molecular complexity index is 93.6. The van der Waals surface area contributed by atoms with E-state index < -0.39 is 0 Å². The van der Waals surface area contributed by atoms with E-state index in [0.717, 1.165) is 17.2 Å². The Labute approximate surface area is 112 Å². The van der Waals surface area contributed by atoms with Crippen LogP contribution in [0.1, 0.15) is 89.0 Å². The van der Waals surface area contributed by atoms with Gasteiger partial charge in [0.1, 0.15) is 0 Å². The molecule has 0 aliphatic rings. The van der Waals surface area contributed by atoms with E-state index in [9.17, 15) is 0 Å². The fourth-order valence-electron chi connectivity index (χ4n) is 0. The summed E-state index contributed by atoms with van der Waals surface area (Å²) in [4.78, 5) is 1.09. The molecule has 0 spiro atoms.